The van der Waals surface area contributed by atoms with E-state index in [9.17, 15) is 23.2 Å². The van der Waals surface area contributed by atoms with Gasteiger partial charge in [-0.15, -0.1) is 0 Å². The lowest BCUT2D eigenvalue weighted by Gasteiger charge is -2.35. The Morgan fingerprint density at radius 2 is 1.89 bits per heavy atom. The quantitative estimate of drug-likeness (QED) is 0.511. The number of fused-ring (bicyclic) bond motifs is 1. The number of benzene rings is 2. The van der Waals surface area contributed by atoms with Crippen LogP contribution in [0.15, 0.2) is 59.5 Å². The van der Waals surface area contributed by atoms with Crippen LogP contribution in [0.4, 0.5) is 8.78 Å². The minimum atomic E-state index is -0.805. The average molecular weight is 496 g/mol. The normalized spacial score (nSPS) is 14.9. The Kier molecular flexibility index (Phi) is 7.47. The van der Waals surface area contributed by atoms with Crippen molar-refractivity contribution in [2.24, 2.45) is 0 Å². The van der Waals surface area contributed by atoms with Crippen molar-refractivity contribution >= 4 is 11.8 Å². The number of likely N-dealkylation sites (N-methyl/N-ethyl adjacent to an activating group) is 1. The summed E-state index contributed by atoms with van der Waals surface area (Å²) in [7, 11) is 1.66. The van der Waals surface area contributed by atoms with Crippen LogP contribution in [0, 0.1) is 11.6 Å². The molecule has 2 heterocycles. The summed E-state index contributed by atoms with van der Waals surface area (Å²) >= 11 is 0. The molecule has 0 spiro atoms. The Balaban J connectivity index is 1.73. The summed E-state index contributed by atoms with van der Waals surface area (Å²) in [4.78, 5) is 41.2. The van der Waals surface area contributed by atoms with Gasteiger partial charge in [-0.3, -0.25) is 14.4 Å². The first-order valence-electron chi connectivity index (χ1n) is 11.7. The van der Waals surface area contributed by atoms with Gasteiger partial charge < -0.3 is 19.5 Å². The molecule has 36 heavy (non-hydrogen) atoms. The van der Waals surface area contributed by atoms with E-state index < -0.39 is 23.0 Å². The number of rotatable bonds is 8. The largest absolute Gasteiger partial charge is 0.483 e. The number of hydrogen-bond donors (Lipinski definition) is 1. The van der Waals surface area contributed by atoms with Crippen LogP contribution in [0.1, 0.15) is 57.8 Å². The second-order valence-electron chi connectivity index (χ2n) is 8.78. The third kappa shape index (κ3) is 5.15. The minimum Gasteiger partial charge on any atom is -0.483 e. The fourth-order valence-corrected chi connectivity index (χ4v) is 4.30. The fourth-order valence-electron chi connectivity index (χ4n) is 4.30. The van der Waals surface area contributed by atoms with Gasteiger partial charge in [0.05, 0.1) is 6.04 Å². The van der Waals surface area contributed by atoms with Gasteiger partial charge in [-0.1, -0.05) is 49.7 Å². The molecule has 0 bridgehead atoms. The molecular weight excluding hydrogens is 468 g/mol. The van der Waals surface area contributed by atoms with Crippen molar-refractivity contribution in [1.82, 2.24) is 14.8 Å². The summed E-state index contributed by atoms with van der Waals surface area (Å²) in [5.41, 5.74) is 0.0169. The summed E-state index contributed by atoms with van der Waals surface area (Å²) in [5.74, 6) is -2.85. The lowest BCUT2D eigenvalue weighted by molar-refractivity contribution is 0.0699. The van der Waals surface area contributed by atoms with Gasteiger partial charge in [0.2, 0.25) is 5.43 Å². The third-order valence-corrected chi connectivity index (χ3v) is 6.17. The van der Waals surface area contributed by atoms with Gasteiger partial charge in [-0.25, -0.2) is 8.78 Å². The Hall–Kier alpha value is -4.01. The van der Waals surface area contributed by atoms with Crippen molar-refractivity contribution in [3.8, 4) is 5.75 Å². The molecule has 1 aliphatic heterocycles. The molecule has 7 nitrogen and oxygen atoms in total. The fraction of sp³-hybridized carbons (Fsp3) is 0.296. The molecule has 2 amide bonds. The predicted octanol–water partition coefficient (Wildman–Crippen LogP) is 4.06. The molecule has 0 fully saturated rings. The Bertz CT molecular complexity index is 1340. The minimum absolute atomic E-state index is 0.0321. The van der Waals surface area contributed by atoms with Crippen molar-refractivity contribution in [1.29, 1.82) is 0 Å². The summed E-state index contributed by atoms with van der Waals surface area (Å²) in [6.45, 7) is 2.22. The highest BCUT2D eigenvalue weighted by Crippen LogP contribution is 2.29. The van der Waals surface area contributed by atoms with E-state index in [1.54, 1.807) is 16.5 Å². The number of carbonyl (C=O) groups is 2. The van der Waals surface area contributed by atoms with Crippen LogP contribution in [0.25, 0.3) is 0 Å². The topological polar surface area (TPSA) is 80.6 Å². The van der Waals surface area contributed by atoms with Crippen LogP contribution in [-0.2, 0) is 13.2 Å². The van der Waals surface area contributed by atoms with E-state index in [1.807, 2.05) is 37.3 Å². The van der Waals surface area contributed by atoms with E-state index in [0.717, 1.165) is 24.1 Å². The van der Waals surface area contributed by atoms with E-state index in [0.29, 0.717) is 13.0 Å². The maximum absolute atomic E-state index is 14.0. The monoisotopic (exact) mass is 495 g/mol. The molecule has 9 heteroatoms. The van der Waals surface area contributed by atoms with Gasteiger partial charge in [0, 0.05) is 38.0 Å². The number of aromatic nitrogens is 1. The first-order chi connectivity index (χ1) is 17.3. The lowest BCUT2D eigenvalue weighted by Crippen LogP contribution is -2.43. The lowest BCUT2D eigenvalue weighted by atomic mass is 10.0. The smallest absolute Gasteiger partial charge is 0.274 e. The zero-order chi connectivity index (χ0) is 25.8. The highest BCUT2D eigenvalue weighted by atomic mass is 19.1. The summed E-state index contributed by atoms with van der Waals surface area (Å²) < 4.78 is 34.8. The molecule has 0 saturated carbocycles. The van der Waals surface area contributed by atoms with E-state index in [-0.39, 0.29) is 47.7 Å². The number of pyridine rings is 1. The molecule has 0 radical (unpaired) electrons. The first kappa shape index (κ1) is 25.1. The predicted molar refractivity (Wildman–Crippen MR) is 130 cm³/mol. The number of ether oxygens (including phenoxy) is 1. The average Bonchev–Trinajstić information content (AvgIpc) is 2.86. The molecule has 0 unspecified atom stereocenters. The van der Waals surface area contributed by atoms with Gasteiger partial charge >= 0.3 is 0 Å². The zero-order valence-electron chi connectivity index (χ0n) is 20.1. The molecule has 1 atom stereocenters. The van der Waals surface area contributed by atoms with Crippen LogP contribution in [0.3, 0.4) is 0 Å². The Morgan fingerprint density at radius 3 is 2.58 bits per heavy atom. The number of halogens is 2. The zero-order valence-corrected chi connectivity index (χ0v) is 20.1. The second-order valence-corrected chi connectivity index (χ2v) is 8.78. The van der Waals surface area contributed by atoms with Crippen molar-refractivity contribution in [3.05, 3.63) is 99.0 Å². The Labute approximate surface area is 207 Å². The summed E-state index contributed by atoms with van der Waals surface area (Å²) in [5, 5.41) is 2.53. The van der Waals surface area contributed by atoms with Crippen LogP contribution in [0.2, 0.25) is 0 Å². The highest BCUT2D eigenvalue weighted by Gasteiger charge is 2.34. The molecule has 1 N–H and O–H groups in total. The Morgan fingerprint density at radius 1 is 1.14 bits per heavy atom. The van der Waals surface area contributed by atoms with E-state index in [4.69, 9.17) is 4.74 Å². The number of amides is 2. The van der Waals surface area contributed by atoms with Gasteiger partial charge in [0.15, 0.2) is 11.4 Å². The van der Waals surface area contributed by atoms with Gasteiger partial charge in [-0.2, -0.15) is 0 Å². The highest BCUT2D eigenvalue weighted by molar-refractivity contribution is 5.99. The van der Waals surface area contributed by atoms with E-state index in [2.05, 4.69) is 5.32 Å². The van der Waals surface area contributed by atoms with Crippen molar-refractivity contribution in [3.63, 3.8) is 0 Å². The second kappa shape index (κ2) is 10.7. The molecule has 2 aromatic carbocycles. The number of hydrogen-bond acceptors (Lipinski definition) is 4. The molecule has 0 aliphatic carbocycles. The molecular formula is C27H27F2N3O4. The first-order valence-corrected chi connectivity index (χ1v) is 11.7. The van der Waals surface area contributed by atoms with Crippen LogP contribution in [-0.4, -0.2) is 34.9 Å². The molecule has 188 valence electrons. The summed E-state index contributed by atoms with van der Waals surface area (Å²) in [6.07, 6.45) is 2.92. The van der Waals surface area contributed by atoms with E-state index in [1.165, 1.54) is 12.3 Å². The standard InChI is InChI=1S/C27H27F2N3O4/c1-3-7-20-14-31(2)27(35)23-25(36-16-17-8-5-4-6-9-17)24(33)21(15-32(20)23)26(34)30-13-18-10-11-19(28)12-22(18)29/h4-6,8-12,15,20H,3,7,13-14,16H2,1-2H3,(H,30,34)/t20-/m0/s1. The van der Waals surface area contributed by atoms with Crippen LogP contribution >= 0.6 is 0 Å². The van der Waals surface area contributed by atoms with E-state index >= 15 is 0 Å². The summed E-state index contributed by atoms with van der Waals surface area (Å²) in [6, 6.07) is 12.0. The molecule has 3 aromatic rings. The number of nitrogens with zero attached hydrogens (tertiary/aromatic N) is 2. The van der Waals surface area contributed by atoms with Crippen molar-refractivity contribution in [2.75, 3.05) is 13.6 Å². The molecule has 0 saturated heterocycles. The SMILES string of the molecule is CCC[C@H]1CN(C)C(=O)c2c(OCc3ccccc3)c(=O)c(C(=O)NCc3ccc(F)cc3F)cn21. The van der Waals surface area contributed by atoms with Gasteiger partial charge in [0.25, 0.3) is 11.8 Å². The molecule has 1 aromatic heterocycles. The maximum atomic E-state index is 14.0. The van der Waals surface area contributed by atoms with Gasteiger partial charge in [0.1, 0.15) is 23.8 Å². The van der Waals surface area contributed by atoms with Crippen molar-refractivity contribution in [2.45, 2.75) is 39.0 Å². The number of nitrogens with one attached hydrogen (secondary N) is 1. The third-order valence-electron chi connectivity index (χ3n) is 6.17. The molecule has 1 aliphatic rings. The van der Waals surface area contributed by atoms with Crippen molar-refractivity contribution < 1.29 is 23.1 Å². The number of carbonyl (C=O) groups excluding carboxylic acids is 2. The maximum Gasteiger partial charge on any atom is 0.274 e. The molecule has 4 rings (SSSR count). The van der Waals surface area contributed by atoms with Crippen LogP contribution < -0.4 is 15.5 Å². The van der Waals surface area contributed by atoms with Gasteiger partial charge in [-0.05, 0) is 18.1 Å². The van der Waals surface area contributed by atoms with Crippen LogP contribution in [0.5, 0.6) is 5.75 Å².